The van der Waals surface area contributed by atoms with Crippen molar-refractivity contribution in [1.82, 2.24) is 19.4 Å². The Morgan fingerprint density at radius 1 is 1.17 bits per heavy atom. The van der Waals surface area contributed by atoms with Gasteiger partial charge in [0, 0.05) is 40.9 Å². The molecule has 23 heavy (non-hydrogen) atoms. The molecule has 5 nitrogen and oxygen atoms in total. The van der Waals surface area contributed by atoms with Crippen LogP contribution in [0.25, 0.3) is 17.0 Å². The Bertz CT molecular complexity index is 911. The van der Waals surface area contributed by atoms with Crippen LogP contribution in [0.4, 0.5) is 5.69 Å². The summed E-state index contributed by atoms with van der Waals surface area (Å²) in [5, 5.41) is 3.35. The molecule has 0 amide bonds. The highest BCUT2D eigenvalue weighted by Gasteiger charge is 2.05. The van der Waals surface area contributed by atoms with Gasteiger partial charge >= 0.3 is 0 Å². The van der Waals surface area contributed by atoms with E-state index in [0.717, 1.165) is 21.8 Å². The highest BCUT2D eigenvalue weighted by molar-refractivity contribution is 7.15. The van der Waals surface area contributed by atoms with Crippen LogP contribution in [0.15, 0.2) is 55.1 Å². The molecule has 0 aliphatic rings. The molecule has 0 unspecified atom stereocenters. The molecule has 4 rings (SSSR count). The maximum absolute atomic E-state index is 5.83. The fourth-order valence-corrected chi connectivity index (χ4v) is 3.20. The fraction of sp³-hybridized carbons (Fsp3) is 0.0625. The van der Waals surface area contributed by atoms with Crippen molar-refractivity contribution in [2.45, 2.75) is 6.54 Å². The first kappa shape index (κ1) is 14.2. The third-order valence-corrected chi connectivity index (χ3v) is 4.52. The molecule has 7 heteroatoms. The van der Waals surface area contributed by atoms with Gasteiger partial charge in [0.1, 0.15) is 0 Å². The molecule has 0 atom stereocenters. The lowest BCUT2D eigenvalue weighted by molar-refractivity contribution is 1.11. The molecule has 0 bridgehead atoms. The van der Waals surface area contributed by atoms with Crippen molar-refractivity contribution in [2.24, 2.45) is 0 Å². The molecule has 4 aromatic rings. The van der Waals surface area contributed by atoms with Gasteiger partial charge in [-0.1, -0.05) is 23.7 Å². The molecule has 114 valence electrons. The Hall–Kier alpha value is -2.44. The van der Waals surface area contributed by atoms with E-state index in [9.17, 15) is 0 Å². The predicted octanol–water partition coefficient (Wildman–Crippen LogP) is 4.12. The van der Waals surface area contributed by atoms with Crippen molar-refractivity contribution in [2.75, 3.05) is 5.32 Å². The first-order chi connectivity index (χ1) is 11.3. The molecule has 3 heterocycles. The summed E-state index contributed by atoms with van der Waals surface area (Å²) >= 11 is 7.31. The van der Waals surface area contributed by atoms with Crippen LogP contribution in [-0.2, 0) is 6.54 Å². The van der Waals surface area contributed by atoms with E-state index in [4.69, 9.17) is 11.6 Å². The van der Waals surface area contributed by atoms with Gasteiger partial charge in [0.05, 0.1) is 12.2 Å². The van der Waals surface area contributed by atoms with Gasteiger partial charge in [-0.2, -0.15) is 0 Å². The van der Waals surface area contributed by atoms with Crippen LogP contribution in [0.3, 0.4) is 0 Å². The normalized spacial score (nSPS) is 11.0. The molecule has 0 radical (unpaired) electrons. The van der Waals surface area contributed by atoms with E-state index in [2.05, 4.69) is 20.3 Å². The predicted molar refractivity (Wildman–Crippen MR) is 92.9 cm³/mol. The lowest BCUT2D eigenvalue weighted by atomic mass is 10.1. The van der Waals surface area contributed by atoms with Gasteiger partial charge in [-0.05, 0) is 18.2 Å². The number of halogens is 1. The molecule has 0 saturated carbocycles. The summed E-state index contributed by atoms with van der Waals surface area (Å²) in [7, 11) is 0. The van der Waals surface area contributed by atoms with Gasteiger partial charge in [0.2, 0.25) is 5.78 Å². The first-order valence-electron chi connectivity index (χ1n) is 7.02. The second kappa shape index (κ2) is 5.98. The molecule has 3 aromatic heterocycles. The smallest absolute Gasteiger partial charge is 0.234 e. The highest BCUT2D eigenvalue weighted by atomic mass is 35.5. The Balaban J connectivity index is 1.51. The van der Waals surface area contributed by atoms with Crippen LogP contribution < -0.4 is 5.32 Å². The van der Waals surface area contributed by atoms with E-state index >= 15 is 0 Å². The average Bonchev–Trinajstić information content (AvgIpc) is 3.19. The number of anilines is 1. The zero-order chi connectivity index (χ0) is 15.6. The Morgan fingerprint density at radius 3 is 2.78 bits per heavy atom. The summed E-state index contributed by atoms with van der Waals surface area (Å²) in [6.45, 7) is 0.710. The van der Waals surface area contributed by atoms with E-state index in [-0.39, 0.29) is 0 Å². The summed E-state index contributed by atoms with van der Waals surface area (Å²) in [5.41, 5.74) is 3.01. The average molecular weight is 342 g/mol. The first-order valence-corrected chi connectivity index (χ1v) is 8.22. The standard InChI is InChI=1S/C16H12ClN5S/c17-15-20-9-13(23-15)8-19-12-4-2-11(3-5-12)14-10-22-7-1-6-18-16(22)21-14/h1-7,9-10,19H,8H2. The number of rotatable bonds is 4. The summed E-state index contributed by atoms with van der Waals surface area (Å²) in [6.07, 6.45) is 7.45. The second-order valence-corrected chi connectivity index (χ2v) is 6.66. The molecule has 0 spiro atoms. The van der Waals surface area contributed by atoms with Gasteiger partial charge in [-0.3, -0.25) is 4.40 Å². The summed E-state index contributed by atoms with van der Waals surface area (Å²) in [5.74, 6) is 0.701. The monoisotopic (exact) mass is 341 g/mol. The molecule has 1 N–H and O–H groups in total. The number of benzene rings is 1. The zero-order valence-corrected chi connectivity index (χ0v) is 13.6. The number of thiazole rings is 1. The number of aromatic nitrogens is 4. The molecular formula is C16H12ClN5S. The maximum atomic E-state index is 5.83. The molecule has 1 aromatic carbocycles. The van der Waals surface area contributed by atoms with Gasteiger partial charge in [0.25, 0.3) is 0 Å². The topological polar surface area (TPSA) is 55.1 Å². The largest absolute Gasteiger partial charge is 0.380 e. The van der Waals surface area contributed by atoms with Gasteiger partial charge in [0.15, 0.2) is 4.47 Å². The quantitative estimate of drug-likeness (QED) is 0.606. The van der Waals surface area contributed by atoms with Crippen LogP contribution in [0, 0.1) is 0 Å². The van der Waals surface area contributed by atoms with Gasteiger partial charge in [-0.25, -0.2) is 15.0 Å². The van der Waals surface area contributed by atoms with Crippen LogP contribution in [0.5, 0.6) is 0 Å². The van der Waals surface area contributed by atoms with E-state index in [1.807, 2.05) is 47.1 Å². The SMILES string of the molecule is Clc1ncc(CNc2ccc(-c3cn4cccnc4n3)cc2)s1. The van der Waals surface area contributed by atoms with Crippen molar-refractivity contribution in [3.05, 3.63) is 64.5 Å². The minimum Gasteiger partial charge on any atom is -0.380 e. The Labute approximate surface area is 141 Å². The molecule has 0 aliphatic heterocycles. The minimum atomic E-state index is 0.567. The van der Waals surface area contributed by atoms with Crippen LogP contribution in [0.2, 0.25) is 4.47 Å². The van der Waals surface area contributed by atoms with Crippen LogP contribution in [0.1, 0.15) is 4.88 Å². The van der Waals surface area contributed by atoms with E-state index < -0.39 is 0 Å². The van der Waals surface area contributed by atoms with Crippen molar-refractivity contribution in [3.8, 4) is 11.3 Å². The summed E-state index contributed by atoms with van der Waals surface area (Å²) < 4.78 is 2.48. The molecule has 0 aliphatic carbocycles. The highest BCUT2D eigenvalue weighted by Crippen LogP contribution is 2.22. The lowest BCUT2D eigenvalue weighted by Crippen LogP contribution is -1.96. The molecular weight excluding hydrogens is 330 g/mol. The number of fused-ring (bicyclic) bond motifs is 1. The van der Waals surface area contributed by atoms with Gasteiger partial charge < -0.3 is 5.32 Å². The number of imidazole rings is 1. The Morgan fingerprint density at radius 2 is 2.04 bits per heavy atom. The second-order valence-electron chi connectivity index (χ2n) is 4.96. The van der Waals surface area contributed by atoms with Crippen LogP contribution >= 0.6 is 22.9 Å². The van der Waals surface area contributed by atoms with Crippen molar-refractivity contribution in [1.29, 1.82) is 0 Å². The van der Waals surface area contributed by atoms with Gasteiger partial charge in [-0.15, -0.1) is 11.3 Å². The molecule has 0 fully saturated rings. The van der Waals surface area contributed by atoms with Crippen LogP contribution in [-0.4, -0.2) is 19.4 Å². The van der Waals surface area contributed by atoms with E-state index in [1.54, 1.807) is 12.4 Å². The van der Waals surface area contributed by atoms with E-state index in [1.165, 1.54) is 11.3 Å². The number of hydrogen-bond acceptors (Lipinski definition) is 5. The third-order valence-electron chi connectivity index (χ3n) is 3.41. The van der Waals surface area contributed by atoms with E-state index in [0.29, 0.717) is 16.8 Å². The van der Waals surface area contributed by atoms with Crippen molar-refractivity contribution < 1.29 is 0 Å². The summed E-state index contributed by atoms with van der Waals surface area (Å²) in [6, 6.07) is 10.1. The Kier molecular flexibility index (Phi) is 3.69. The molecule has 0 saturated heterocycles. The zero-order valence-electron chi connectivity index (χ0n) is 12.0. The minimum absolute atomic E-state index is 0.567. The fourth-order valence-electron chi connectivity index (χ4n) is 2.28. The number of nitrogens with one attached hydrogen (secondary N) is 1. The lowest BCUT2D eigenvalue weighted by Gasteiger charge is -2.05. The number of nitrogens with zero attached hydrogens (tertiary/aromatic N) is 4. The maximum Gasteiger partial charge on any atom is 0.234 e. The van der Waals surface area contributed by atoms with Crippen molar-refractivity contribution in [3.63, 3.8) is 0 Å². The summed E-state index contributed by atoms with van der Waals surface area (Å²) in [4.78, 5) is 13.9. The van der Waals surface area contributed by atoms with Crippen molar-refractivity contribution >= 4 is 34.4 Å². The number of hydrogen-bond donors (Lipinski definition) is 1. The third kappa shape index (κ3) is 3.04.